The summed E-state index contributed by atoms with van der Waals surface area (Å²) in [6, 6.07) is 6.38. The lowest BCUT2D eigenvalue weighted by atomic mass is 9.92. The lowest BCUT2D eigenvalue weighted by Gasteiger charge is -2.26. The van der Waals surface area contributed by atoms with Gasteiger partial charge < -0.3 is 14.9 Å². The maximum atomic E-state index is 11.4. The predicted octanol–water partition coefficient (Wildman–Crippen LogP) is 1.93. The van der Waals surface area contributed by atoms with Gasteiger partial charge >= 0.3 is 5.97 Å². The van der Waals surface area contributed by atoms with E-state index in [0.717, 1.165) is 0 Å². The van der Waals surface area contributed by atoms with Gasteiger partial charge in [0.1, 0.15) is 11.4 Å². The molecule has 5 heteroatoms. The van der Waals surface area contributed by atoms with Gasteiger partial charge in [0.15, 0.2) is 0 Å². The van der Waals surface area contributed by atoms with Crippen molar-refractivity contribution < 1.29 is 19.7 Å². The Labute approximate surface area is 108 Å². The standard InChI is InChI=1S/C12H15BrO4/c1-2-17-11(15)7-12(16,8-13)9-5-3-4-6-10(9)14/h3-6,14,16H,2,7-8H2,1H3. The molecule has 0 aliphatic rings. The van der Waals surface area contributed by atoms with Crippen LogP contribution in [0.5, 0.6) is 5.75 Å². The first-order valence-corrected chi connectivity index (χ1v) is 6.38. The fraction of sp³-hybridized carbons (Fsp3) is 0.417. The number of aromatic hydroxyl groups is 1. The Bertz CT molecular complexity index is 394. The summed E-state index contributed by atoms with van der Waals surface area (Å²) in [7, 11) is 0. The maximum absolute atomic E-state index is 11.4. The fourth-order valence-corrected chi connectivity index (χ4v) is 2.03. The number of hydrogen-bond acceptors (Lipinski definition) is 4. The molecule has 0 saturated heterocycles. The number of benzene rings is 1. The first kappa shape index (κ1) is 14.0. The van der Waals surface area contributed by atoms with Crippen LogP contribution in [0.4, 0.5) is 0 Å². The monoisotopic (exact) mass is 302 g/mol. The van der Waals surface area contributed by atoms with Crippen molar-refractivity contribution in [3.63, 3.8) is 0 Å². The third-order valence-corrected chi connectivity index (χ3v) is 3.30. The molecular formula is C12H15BrO4. The van der Waals surface area contributed by atoms with Crippen LogP contribution in [-0.4, -0.2) is 28.1 Å². The molecule has 0 aliphatic carbocycles. The smallest absolute Gasteiger partial charge is 0.309 e. The van der Waals surface area contributed by atoms with E-state index < -0.39 is 11.6 Å². The molecule has 0 bridgehead atoms. The molecule has 0 heterocycles. The van der Waals surface area contributed by atoms with Gasteiger partial charge in [-0.05, 0) is 13.0 Å². The van der Waals surface area contributed by atoms with E-state index in [-0.39, 0.29) is 24.1 Å². The molecule has 17 heavy (non-hydrogen) atoms. The summed E-state index contributed by atoms with van der Waals surface area (Å²) in [5.74, 6) is -0.545. The molecule has 1 atom stereocenters. The van der Waals surface area contributed by atoms with Crippen LogP contribution in [0.1, 0.15) is 18.9 Å². The van der Waals surface area contributed by atoms with E-state index in [9.17, 15) is 15.0 Å². The van der Waals surface area contributed by atoms with Crippen LogP contribution in [0.25, 0.3) is 0 Å². The number of rotatable bonds is 5. The summed E-state index contributed by atoms with van der Waals surface area (Å²) in [6.07, 6.45) is -0.205. The van der Waals surface area contributed by atoms with Crippen molar-refractivity contribution in [1.82, 2.24) is 0 Å². The molecule has 0 amide bonds. The summed E-state index contributed by atoms with van der Waals surface area (Å²) in [5.41, 5.74) is -1.15. The van der Waals surface area contributed by atoms with Crippen LogP contribution in [0.3, 0.4) is 0 Å². The van der Waals surface area contributed by atoms with Gasteiger partial charge in [0.05, 0.1) is 13.0 Å². The first-order valence-electron chi connectivity index (χ1n) is 5.26. The van der Waals surface area contributed by atoms with Crippen LogP contribution in [0.2, 0.25) is 0 Å². The highest BCUT2D eigenvalue weighted by molar-refractivity contribution is 9.09. The van der Waals surface area contributed by atoms with Crippen molar-refractivity contribution in [2.24, 2.45) is 0 Å². The fourth-order valence-electron chi connectivity index (χ4n) is 1.53. The Kier molecular flexibility index (Phi) is 4.96. The van der Waals surface area contributed by atoms with E-state index >= 15 is 0 Å². The average molecular weight is 303 g/mol. The zero-order valence-corrected chi connectivity index (χ0v) is 11.1. The van der Waals surface area contributed by atoms with Crippen molar-refractivity contribution in [2.45, 2.75) is 18.9 Å². The molecule has 0 fully saturated rings. The number of phenolic OH excluding ortho intramolecular Hbond substituents is 1. The highest BCUT2D eigenvalue weighted by Crippen LogP contribution is 2.33. The number of aliphatic hydroxyl groups is 1. The first-order chi connectivity index (χ1) is 8.03. The normalized spacial score (nSPS) is 14.1. The van der Waals surface area contributed by atoms with Gasteiger partial charge in [0, 0.05) is 10.9 Å². The van der Waals surface area contributed by atoms with Crippen molar-refractivity contribution in [3.8, 4) is 5.75 Å². The molecule has 4 nitrogen and oxygen atoms in total. The van der Waals surface area contributed by atoms with E-state index in [1.807, 2.05) is 0 Å². The summed E-state index contributed by atoms with van der Waals surface area (Å²) < 4.78 is 4.80. The van der Waals surface area contributed by atoms with E-state index in [1.54, 1.807) is 25.1 Å². The van der Waals surface area contributed by atoms with Gasteiger partial charge in [0.25, 0.3) is 0 Å². The lowest BCUT2D eigenvalue weighted by molar-refractivity contribution is -0.148. The van der Waals surface area contributed by atoms with E-state index in [2.05, 4.69) is 15.9 Å². The quantitative estimate of drug-likeness (QED) is 0.644. The molecule has 0 aliphatic heterocycles. The molecule has 0 spiro atoms. The highest BCUT2D eigenvalue weighted by Gasteiger charge is 2.34. The molecule has 1 aromatic rings. The Hall–Kier alpha value is -1.07. The molecule has 1 rings (SSSR count). The van der Waals surface area contributed by atoms with Gasteiger partial charge in [-0.2, -0.15) is 0 Å². The zero-order valence-electron chi connectivity index (χ0n) is 9.52. The third-order valence-electron chi connectivity index (χ3n) is 2.37. The number of carbonyl (C=O) groups excluding carboxylic acids is 1. The minimum atomic E-state index is -1.46. The van der Waals surface area contributed by atoms with E-state index in [0.29, 0.717) is 5.56 Å². The molecule has 2 N–H and O–H groups in total. The van der Waals surface area contributed by atoms with Crippen LogP contribution >= 0.6 is 15.9 Å². The molecule has 0 radical (unpaired) electrons. The number of para-hydroxylation sites is 1. The zero-order chi connectivity index (χ0) is 12.9. The molecule has 1 unspecified atom stereocenters. The largest absolute Gasteiger partial charge is 0.508 e. The third kappa shape index (κ3) is 3.44. The van der Waals surface area contributed by atoms with Crippen LogP contribution in [0.15, 0.2) is 24.3 Å². The SMILES string of the molecule is CCOC(=O)CC(O)(CBr)c1ccccc1O. The van der Waals surface area contributed by atoms with Gasteiger partial charge in [-0.15, -0.1) is 0 Å². The van der Waals surface area contributed by atoms with Gasteiger partial charge in [-0.1, -0.05) is 34.1 Å². The number of halogens is 1. The number of alkyl halides is 1. The van der Waals surface area contributed by atoms with Gasteiger partial charge in [0.2, 0.25) is 0 Å². The predicted molar refractivity (Wildman–Crippen MR) is 67.0 cm³/mol. The Balaban J connectivity index is 2.96. The van der Waals surface area contributed by atoms with Crippen LogP contribution in [0, 0.1) is 0 Å². The summed E-state index contributed by atoms with van der Waals surface area (Å²) >= 11 is 3.15. The second-order valence-electron chi connectivity index (χ2n) is 3.66. The highest BCUT2D eigenvalue weighted by atomic mass is 79.9. The molecule has 1 aromatic carbocycles. The maximum Gasteiger partial charge on any atom is 0.309 e. The second-order valence-corrected chi connectivity index (χ2v) is 4.22. The summed E-state index contributed by atoms with van der Waals surface area (Å²) in [5, 5.41) is 20.2. The number of hydrogen-bond donors (Lipinski definition) is 2. The Morgan fingerprint density at radius 2 is 2.12 bits per heavy atom. The van der Waals surface area contributed by atoms with Crippen LogP contribution < -0.4 is 0 Å². The number of carbonyl (C=O) groups is 1. The Morgan fingerprint density at radius 3 is 2.65 bits per heavy atom. The number of phenols is 1. The van der Waals surface area contributed by atoms with Gasteiger partial charge in [-0.3, -0.25) is 4.79 Å². The molecule has 0 aromatic heterocycles. The average Bonchev–Trinajstić information content (AvgIpc) is 2.29. The van der Waals surface area contributed by atoms with Gasteiger partial charge in [-0.25, -0.2) is 0 Å². The number of ether oxygens (including phenoxy) is 1. The molecule has 94 valence electrons. The van der Waals surface area contributed by atoms with E-state index in [1.165, 1.54) is 6.07 Å². The summed E-state index contributed by atoms with van der Waals surface area (Å²) in [4.78, 5) is 11.4. The topological polar surface area (TPSA) is 66.8 Å². The van der Waals surface area contributed by atoms with E-state index in [4.69, 9.17) is 4.74 Å². The summed E-state index contributed by atoms with van der Waals surface area (Å²) in [6.45, 7) is 1.96. The second kappa shape index (κ2) is 6.02. The number of esters is 1. The van der Waals surface area contributed by atoms with Crippen molar-refractivity contribution in [3.05, 3.63) is 29.8 Å². The van der Waals surface area contributed by atoms with Crippen LogP contribution in [-0.2, 0) is 15.1 Å². The lowest BCUT2D eigenvalue weighted by Crippen LogP contribution is -2.31. The minimum Gasteiger partial charge on any atom is -0.508 e. The van der Waals surface area contributed by atoms with Crippen molar-refractivity contribution >= 4 is 21.9 Å². The minimum absolute atomic E-state index is 0.0428. The van der Waals surface area contributed by atoms with Crippen molar-refractivity contribution in [1.29, 1.82) is 0 Å². The molecule has 0 saturated carbocycles. The Morgan fingerprint density at radius 1 is 1.47 bits per heavy atom. The van der Waals surface area contributed by atoms with Crippen molar-refractivity contribution in [2.75, 3.05) is 11.9 Å². The molecular weight excluding hydrogens is 288 g/mol.